The molecule has 0 amide bonds. The van der Waals surface area contributed by atoms with E-state index in [0.717, 1.165) is 5.52 Å². The van der Waals surface area contributed by atoms with Crippen LogP contribution in [-0.2, 0) is 6.54 Å². The van der Waals surface area contributed by atoms with Crippen molar-refractivity contribution in [1.82, 2.24) is 14.0 Å². The number of para-hydroxylation sites is 1. The van der Waals surface area contributed by atoms with Crippen LogP contribution in [0, 0.1) is 0 Å². The first-order valence-corrected chi connectivity index (χ1v) is 7.15. The van der Waals surface area contributed by atoms with Gasteiger partial charge >= 0.3 is 0 Å². The summed E-state index contributed by atoms with van der Waals surface area (Å²) in [7, 11) is 0. The monoisotopic (exact) mass is 291 g/mol. The van der Waals surface area contributed by atoms with Crippen LogP contribution in [0.25, 0.3) is 27.6 Å². The summed E-state index contributed by atoms with van der Waals surface area (Å²) in [6.45, 7) is 2.61. The van der Waals surface area contributed by atoms with Gasteiger partial charge in [0, 0.05) is 18.1 Å². The van der Waals surface area contributed by atoms with Crippen molar-refractivity contribution in [3.8, 4) is 0 Å². The molecule has 22 heavy (non-hydrogen) atoms. The molecule has 5 heteroatoms. The van der Waals surface area contributed by atoms with E-state index in [2.05, 4.69) is 4.98 Å². The molecule has 0 atom stereocenters. The van der Waals surface area contributed by atoms with Gasteiger partial charge in [0.2, 0.25) is 5.43 Å². The zero-order valence-electron chi connectivity index (χ0n) is 12.0. The molecular formula is C17H13N3O2. The molecule has 0 aliphatic carbocycles. The first kappa shape index (κ1) is 12.8. The van der Waals surface area contributed by atoms with Crippen LogP contribution in [0.15, 0.2) is 58.3 Å². The molecule has 0 radical (unpaired) electrons. The summed E-state index contributed by atoms with van der Waals surface area (Å²) in [5.74, 6) is 0. The van der Waals surface area contributed by atoms with Gasteiger partial charge in [-0.2, -0.15) is 0 Å². The average Bonchev–Trinajstić information content (AvgIpc) is 2.55. The SMILES string of the molecule is CCn1c2ccccc2c(=O)c2c(=O)n3ccccc3nc21. The van der Waals surface area contributed by atoms with Crippen LogP contribution in [-0.4, -0.2) is 14.0 Å². The van der Waals surface area contributed by atoms with Crippen molar-refractivity contribution >= 4 is 27.6 Å². The number of aryl methyl sites for hydroxylation is 1. The summed E-state index contributed by atoms with van der Waals surface area (Å²) < 4.78 is 3.33. The second kappa shape index (κ2) is 4.53. The Morgan fingerprint density at radius 3 is 2.64 bits per heavy atom. The number of hydrogen-bond donors (Lipinski definition) is 0. The molecular weight excluding hydrogens is 278 g/mol. The smallest absolute Gasteiger partial charge is 0.271 e. The molecule has 0 saturated heterocycles. The third-order valence-electron chi connectivity index (χ3n) is 3.95. The Bertz CT molecular complexity index is 1140. The standard InChI is InChI=1S/C17H13N3O2/c1-2-19-12-8-4-3-7-11(12)15(21)14-16(19)18-13-9-5-6-10-20(13)17(14)22/h3-10H,2H2,1H3. The number of benzene rings is 1. The van der Waals surface area contributed by atoms with E-state index < -0.39 is 0 Å². The molecule has 5 nitrogen and oxygen atoms in total. The maximum Gasteiger partial charge on any atom is 0.271 e. The number of nitrogens with zero attached hydrogens (tertiary/aromatic N) is 3. The second-order valence-corrected chi connectivity index (χ2v) is 5.13. The van der Waals surface area contributed by atoms with E-state index in [4.69, 9.17) is 0 Å². The van der Waals surface area contributed by atoms with Gasteiger partial charge in [0.1, 0.15) is 11.0 Å². The number of rotatable bonds is 1. The third-order valence-corrected chi connectivity index (χ3v) is 3.95. The minimum Gasteiger partial charge on any atom is -0.325 e. The van der Waals surface area contributed by atoms with Crippen molar-refractivity contribution in [1.29, 1.82) is 0 Å². The third kappa shape index (κ3) is 1.56. The molecule has 0 aliphatic rings. The Kier molecular flexibility index (Phi) is 2.63. The largest absolute Gasteiger partial charge is 0.325 e. The van der Waals surface area contributed by atoms with E-state index >= 15 is 0 Å². The molecule has 0 saturated carbocycles. The quantitative estimate of drug-likeness (QED) is 0.505. The predicted octanol–water partition coefficient (Wildman–Crippen LogP) is 2.18. The summed E-state index contributed by atoms with van der Waals surface area (Å²) >= 11 is 0. The van der Waals surface area contributed by atoms with Gasteiger partial charge in [-0.25, -0.2) is 4.98 Å². The van der Waals surface area contributed by atoms with Gasteiger partial charge in [0.05, 0.1) is 5.52 Å². The highest BCUT2D eigenvalue weighted by molar-refractivity contribution is 5.92. The molecule has 0 N–H and O–H groups in total. The van der Waals surface area contributed by atoms with Gasteiger partial charge in [0.25, 0.3) is 5.56 Å². The maximum atomic E-state index is 12.8. The van der Waals surface area contributed by atoms with E-state index in [9.17, 15) is 9.59 Å². The van der Waals surface area contributed by atoms with Gasteiger partial charge in [-0.3, -0.25) is 14.0 Å². The van der Waals surface area contributed by atoms with Crippen LogP contribution < -0.4 is 11.0 Å². The number of pyridine rings is 2. The zero-order valence-corrected chi connectivity index (χ0v) is 12.0. The number of aromatic nitrogens is 3. The molecule has 108 valence electrons. The van der Waals surface area contributed by atoms with E-state index in [1.807, 2.05) is 35.8 Å². The fraction of sp³-hybridized carbons (Fsp3) is 0.118. The van der Waals surface area contributed by atoms with Crippen molar-refractivity contribution in [2.24, 2.45) is 0 Å². The van der Waals surface area contributed by atoms with Crippen LogP contribution in [0.5, 0.6) is 0 Å². The summed E-state index contributed by atoms with van der Waals surface area (Å²) in [6.07, 6.45) is 1.63. The van der Waals surface area contributed by atoms with E-state index in [1.54, 1.807) is 24.4 Å². The fourth-order valence-electron chi connectivity index (χ4n) is 2.94. The molecule has 3 aromatic heterocycles. The molecule has 0 fully saturated rings. The maximum absolute atomic E-state index is 12.8. The number of fused-ring (bicyclic) bond motifs is 3. The lowest BCUT2D eigenvalue weighted by atomic mass is 10.1. The van der Waals surface area contributed by atoms with Crippen LogP contribution in [0.2, 0.25) is 0 Å². The van der Waals surface area contributed by atoms with Gasteiger partial charge in [0.15, 0.2) is 5.65 Å². The summed E-state index contributed by atoms with van der Waals surface area (Å²) in [4.78, 5) is 30.0. The lowest BCUT2D eigenvalue weighted by Crippen LogP contribution is -2.24. The summed E-state index contributed by atoms with van der Waals surface area (Å²) in [5.41, 5.74) is 1.21. The topological polar surface area (TPSA) is 56.4 Å². The Morgan fingerprint density at radius 2 is 1.82 bits per heavy atom. The Hall–Kier alpha value is -2.95. The van der Waals surface area contributed by atoms with E-state index in [0.29, 0.717) is 23.2 Å². The Labute approximate surface area is 125 Å². The van der Waals surface area contributed by atoms with Crippen molar-refractivity contribution < 1.29 is 0 Å². The average molecular weight is 291 g/mol. The van der Waals surface area contributed by atoms with Gasteiger partial charge < -0.3 is 4.57 Å². The van der Waals surface area contributed by atoms with Gasteiger partial charge in [-0.15, -0.1) is 0 Å². The van der Waals surface area contributed by atoms with Crippen LogP contribution in [0.3, 0.4) is 0 Å². The van der Waals surface area contributed by atoms with Crippen LogP contribution in [0.4, 0.5) is 0 Å². The van der Waals surface area contributed by atoms with Gasteiger partial charge in [-0.1, -0.05) is 18.2 Å². The van der Waals surface area contributed by atoms with Crippen molar-refractivity contribution in [3.63, 3.8) is 0 Å². The van der Waals surface area contributed by atoms with Crippen molar-refractivity contribution in [2.75, 3.05) is 0 Å². The highest BCUT2D eigenvalue weighted by Gasteiger charge is 2.15. The molecule has 3 heterocycles. The first-order valence-electron chi connectivity index (χ1n) is 7.15. The zero-order chi connectivity index (χ0) is 15.3. The van der Waals surface area contributed by atoms with Crippen molar-refractivity contribution in [3.05, 3.63) is 69.2 Å². The molecule has 0 bridgehead atoms. The summed E-state index contributed by atoms with van der Waals surface area (Å²) in [6, 6.07) is 12.7. The minimum absolute atomic E-state index is 0.143. The minimum atomic E-state index is -0.321. The molecule has 1 aromatic carbocycles. The van der Waals surface area contributed by atoms with E-state index in [-0.39, 0.29) is 16.4 Å². The Balaban J connectivity index is 2.42. The van der Waals surface area contributed by atoms with E-state index in [1.165, 1.54) is 4.40 Å². The predicted molar refractivity (Wildman–Crippen MR) is 86.4 cm³/mol. The van der Waals surface area contributed by atoms with Gasteiger partial charge in [-0.05, 0) is 31.2 Å². The normalized spacial score (nSPS) is 11.5. The highest BCUT2D eigenvalue weighted by Crippen LogP contribution is 2.16. The fourth-order valence-corrected chi connectivity index (χ4v) is 2.94. The second-order valence-electron chi connectivity index (χ2n) is 5.13. The first-order chi connectivity index (χ1) is 10.7. The highest BCUT2D eigenvalue weighted by atomic mass is 16.1. The molecule has 4 rings (SSSR count). The molecule has 0 unspecified atom stereocenters. The molecule has 0 spiro atoms. The van der Waals surface area contributed by atoms with Crippen molar-refractivity contribution in [2.45, 2.75) is 13.5 Å². The Morgan fingerprint density at radius 1 is 1.05 bits per heavy atom. The number of hydrogen-bond acceptors (Lipinski definition) is 3. The lowest BCUT2D eigenvalue weighted by molar-refractivity contribution is 0.808. The van der Waals surface area contributed by atoms with Crippen LogP contribution in [0.1, 0.15) is 6.92 Å². The molecule has 0 aliphatic heterocycles. The lowest BCUT2D eigenvalue weighted by Gasteiger charge is -2.12. The summed E-state index contributed by atoms with van der Waals surface area (Å²) in [5, 5.41) is 0.691. The van der Waals surface area contributed by atoms with Crippen LogP contribution >= 0.6 is 0 Å². The molecule has 4 aromatic rings.